The molecular formula is C11H10ClFN4O2. The number of nitrogens with zero attached hydrogens (tertiary/aromatic N) is 4. The van der Waals surface area contributed by atoms with Gasteiger partial charge in [-0.2, -0.15) is 5.10 Å². The Hall–Kier alpha value is -2.15. The van der Waals surface area contributed by atoms with Gasteiger partial charge in [0, 0.05) is 13.1 Å². The third kappa shape index (κ3) is 3.00. The summed E-state index contributed by atoms with van der Waals surface area (Å²) in [6.45, 7) is 0.107. The van der Waals surface area contributed by atoms with Crippen molar-refractivity contribution >= 4 is 16.8 Å². The highest BCUT2D eigenvalue weighted by Gasteiger charge is 2.14. The Morgan fingerprint density at radius 3 is 2.95 bits per heavy atom. The molecule has 0 aliphatic heterocycles. The molecule has 0 atom stereocenters. The van der Waals surface area contributed by atoms with Gasteiger partial charge in [0.15, 0.2) is 5.17 Å². The molecule has 0 aliphatic rings. The Morgan fingerprint density at radius 2 is 2.32 bits per heavy atom. The first-order valence-electron chi connectivity index (χ1n) is 5.25. The van der Waals surface area contributed by atoms with Crippen LogP contribution in [-0.2, 0) is 13.7 Å². The smallest absolute Gasteiger partial charge is 0.213 e. The predicted octanol–water partition coefficient (Wildman–Crippen LogP) is 1.91. The van der Waals surface area contributed by atoms with Gasteiger partial charge in [-0.25, -0.2) is 9.37 Å². The maximum Gasteiger partial charge on any atom is 0.213 e. The topological polar surface area (TPSA) is 72.5 Å². The molecule has 0 aromatic carbocycles. The zero-order chi connectivity index (χ0) is 13.8. The molecule has 0 radical (unpaired) electrons. The molecule has 2 aromatic heterocycles. The van der Waals surface area contributed by atoms with Gasteiger partial charge in [0.1, 0.15) is 12.4 Å². The molecule has 2 aromatic rings. The lowest BCUT2D eigenvalue weighted by Gasteiger charge is -2.07. The van der Waals surface area contributed by atoms with Crippen LogP contribution in [0.2, 0.25) is 0 Å². The van der Waals surface area contributed by atoms with Crippen molar-refractivity contribution in [3.63, 3.8) is 0 Å². The summed E-state index contributed by atoms with van der Waals surface area (Å²) in [7, 11) is 1.70. The van der Waals surface area contributed by atoms with E-state index in [-0.39, 0.29) is 17.7 Å². The summed E-state index contributed by atoms with van der Waals surface area (Å²) >= 11 is 5.74. The normalized spacial score (nSPS) is 11.6. The maximum absolute atomic E-state index is 12.7. The molecule has 100 valence electrons. The molecule has 0 bridgehead atoms. The van der Waals surface area contributed by atoms with E-state index in [9.17, 15) is 4.39 Å². The molecule has 0 saturated heterocycles. The fourth-order valence-corrected chi connectivity index (χ4v) is 1.61. The number of pyridine rings is 1. The van der Waals surface area contributed by atoms with Gasteiger partial charge in [-0.05, 0) is 6.07 Å². The second kappa shape index (κ2) is 5.66. The first-order chi connectivity index (χ1) is 9.11. The highest BCUT2D eigenvalue weighted by atomic mass is 35.5. The van der Waals surface area contributed by atoms with Crippen LogP contribution in [0.1, 0.15) is 11.3 Å². The molecule has 2 heterocycles. The molecule has 8 heteroatoms. The number of ether oxygens (including phenoxy) is 1. The fourth-order valence-electron chi connectivity index (χ4n) is 1.45. The number of hydrogen-bond donors (Lipinski definition) is 1. The van der Waals surface area contributed by atoms with Crippen molar-refractivity contribution in [1.82, 2.24) is 14.8 Å². The average Bonchev–Trinajstić information content (AvgIpc) is 2.78. The number of aromatic nitrogens is 3. The second-order valence-electron chi connectivity index (χ2n) is 3.62. The average molecular weight is 285 g/mol. The lowest BCUT2D eigenvalue weighted by Crippen LogP contribution is -2.07. The second-order valence-corrected chi connectivity index (χ2v) is 3.98. The van der Waals surface area contributed by atoms with Gasteiger partial charge in [-0.15, -0.1) is 0 Å². The Balaban J connectivity index is 2.15. The number of oxime groups is 1. The molecule has 6 nitrogen and oxygen atoms in total. The minimum absolute atomic E-state index is 0.0845. The first-order valence-corrected chi connectivity index (χ1v) is 5.62. The van der Waals surface area contributed by atoms with Crippen molar-refractivity contribution in [3.05, 3.63) is 41.6 Å². The van der Waals surface area contributed by atoms with Gasteiger partial charge < -0.3 is 9.94 Å². The van der Waals surface area contributed by atoms with Crippen LogP contribution in [0.4, 0.5) is 4.39 Å². The number of rotatable bonds is 4. The number of hydrogen-bond acceptors (Lipinski definition) is 5. The maximum atomic E-state index is 12.7. The van der Waals surface area contributed by atoms with Crippen LogP contribution in [-0.4, -0.2) is 25.1 Å². The predicted molar refractivity (Wildman–Crippen MR) is 65.9 cm³/mol. The lowest BCUT2D eigenvalue weighted by molar-refractivity contribution is 0.282. The largest absolute Gasteiger partial charge is 0.471 e. The standard InChI is InChI=1S/C11H10ClFN4O2/c1-17-9(8(5-15-17)11(12)16-18)6-19-10-3-2-7(13)4-14-10/h2-5,18H,6H2,1H3/b16-11+. The summed E-state index contributed by atoms with van der Waals surface area (Å²) in [6, 6.07) is 2.65. The van der Waals surface area contributed by atoms with Gasteiger partial charge in [0.25, 0.3) is 0 Å². The molecule has 1 N–H and O–H groups in total. The van der Waals surface area contributed by atoms with E-state index in [0.29, 0.717) is 11.3 Å². The molecule has 0 amide bonds. The summed E-state index contributed by atoms with van der Waals surface area (Å²) in [5, 5.41) is 15.5. The van der Waals surface area contributed by atoms with Gasteiger partial charge >= 0.3 is 0 Å². The lowest BCUT2D eigenvalue weighted by atomic mass is 10.3. The molecule has 0 aliphatic carbocycles. The molecular weight excluding hydrogens is 275 g/mol. The Kier molecular flexibility index (Phi) is 3.96. The van der Waals surface area contributed by atoms with E-state index in [1.54, 1.807) is 7.05 Å². The molecule has 19 heavy (non-hydrogen) atoms. The summed E-state index contributed by atoms with van der Waals surface area (Å²) in [6.07, 6.45) is 2.51. The van der Waals surface area contributed by atoms with Crippen LogP contribution in [0, 0.1) is 5.82 Å². The van der Waals surface area contributed by atoms with E-state index in [1.807, 2.05) is 0 Å². The quantitative estimate of drug-likeness (QED) is 0.529. The molecule has 2 rings (SSSR count). The molecule has 0 unspecified atom stereocenters. The van der Waals surface area contributed by atoms with Crippen molar-refractivity contribution in [2.45, 2.75) is 6.61 Å². The van der Waals surface area contributed by atoms with Crippen LogP contribution >= 0.6 is 11.6 Å². The fraction of sp³-hybridized carbons (Fsp3) is 0.182. The zero-order valence-electron chi connectivity index (χ0n) is 9.92. The SMILES string of the molecule is Cn1ncc(/C(Cl)=N\O)c1COc1ccc(F)cn1. The highest BCUT2D eigenvalue weighted by molar-refractivity contribution is 6.69. The van der Waals surface area contributed by atoms with Crippen LogP contribution < -0.4 is 4.74 Å². The Bertz CT molecular complexity index is 597. The minimum Gasteiger partial charge on any atom is -0.471 e. The van der Waals surface area contributed by atoms with Crippen molar-refractivity contribution < 1.29 is 14.3 Å². The number of aryl methyl sites for hydroxylation is 1. The van der Waals surface area contributed by atoms with Gasteiger partial charge in [0.2, 0.25) is 5.88 Å². The summed E-state index contributed by atoms with van der Waals surface area (Å²) in [5.74, 6) is -0.172. The van der Waals surface area contributed by atoms with Crippen LogP contribution in [0.25, 0.3) is 0 Å². The van der Waals surface area contributed by atoms with Crippen LogP contribution in [0.5, 0.6) is 5.88 Å². The van der Waals surface area contributed by atoms with Crippen LogP contribution in [0.15, 0.2) is 29.7 Å². The van der Waals surface area contributed by atoms with Crippen molar-refractivity contribution in [2.75, 3.05) is 0 Å². The van der Waals surface area contributed by atoms with Gasteiger partial charge in [0.05, 0.1) is 23.7 Å². The van der Waals surface area contributed by atoms with Crippen LogP contribution in [0.3, 0.4) is 0 Å². The Morgan fingerprint density at radius 1 is 1.53 bits per heavy atom. The Labute approximate surface area is 113 Å². The van der Waals surface area contributed by atoms with Crippen molar-refractivity contribution in [2.24, 2.45) is 12.2 Å². The van der Waals surface area contributed by atoms with Gasteiger partial charge in [-0.1, -0.05) is 16.8 Å². The van der Waals surface area contributed by atoms with E-state index in [0.717, 1.165) is 6.20 Å². The summed E-state index contributed by atoms with van der Waals surface area (Å²) in [4.78, 5) is 3.76. The van der Waals surface area contributed by atoms with E-state index >= 15 is 0 Å². The molecule has 0 spiro atoms. The summed E-state index contributed by atoms with van der Waals surface area (Å²) < 4.78 is 19.6. The van der Waals surface area contributed by atoms with E-state index < -0.39 is 5.82 Å². The van der Waals surface area contributed by atoms with Crippen molar-refractivity contribution in [3.8, 4) is 5.88 Å². The third-order valence-corrected chi connectivity index (χ3v) is 2.71. The van der Waals surface area contributed by atoms with Gasteiger partial charge in [-0.3, -0.25) is 4.68 Å². The summed E-state index contributed by atoms with van der Waals surface area (Å²) in [5.41, 5.74) is 1.06. The van der Waals surface area contributed by atoms with E-state index in [4.69, 9.17) is 21.5 Å². The highest BCUT2D eigenvalue weighted by Crippen LogP contribution is 2.15. The van der Waals surface area contributed by atoms with Crippen molar-refractivity contribution in [1.29, 1.82) is 0 Å². The minimum atomic E-state index is -0.441. The monoisotopic (exact) mass is 284 g/mol. The molecule has 0 fully saturated rings. The number of halogens is 2. The molecule has 0 saturated carbocycles. The van der Waals surface area contributed by atoms with E-state index in [2.05, 4.69) is 15.2 Å². The third-order valence-electron chi connectivity index (χ3n) is 2.43. The first kappa shape index (κ1) is 13.3. The van der Waals surface area contributed by atoms with E-state index in [1.165, 1.54) is 23.0 Å². The zero-order valence-corrected chi connectivity index (χ0v) is 10.7.